The predicted octanol–water partition coefficient (Wildman–Crippen LogP) is 4.46. The van der Waals surface area contributed by atoms with Crippen molar-refractivity contribution >= 4 is 37.9 Å². The predicted molar refractivity (Wildman–Crippen MR) is 116 cm³/mol. The number of carbonyl (C=O) groups is 1. The standard InChI is InChI=1S/C21H20N2O4S2/c1-4-20(24)23(16-8-12-18(13-9-16)29(25,26)5-2)21-22-19(14-28-21)15-6-10-17(27-3)11-7-15/h4,6-14H,1,5H2,2-3H3. The minimum absolute atomic E-state index is 0.0132. The van der Waals surface area contributed by atoms with Crippen LogP contribution in [0.15, 0.2) is 71.5 Å². The van der Waals surface area contributed by atoms with Crippen LogP contribution in [0.2, 0.25) is 0 Å². The van der Waals surface area contributed by atoms with Crippen LogP contribution in [0.5, 0.6) is 5.75 Å². The maximum atomic E-state index is 12.5. The Bertz CT molecular complexity index is 1120. The van der Waals surface area contributed by atoms with Crippen molar-refractivity contribution in [3.63, 3.8) is 0 Å². The number of carbonyl (C=O) groups excluding carboxylic acids is 1. The van der Waals surface area contributed by atoms with Crippen molar-refractivity contribution in [3.05, 3.63) is 66.6 Å². The molecule has 3 aromatic rings. The average molecular weight is 429 g/mol. The van der Waals surface area contributed by atoms with Crippen LogP contribution in [-0.2, 0) is 14.6 Å². The van der Waals surface area contributed by atoms with Gasteiger partial charge in [-0.2, -0.15) is 0 Å². The fourth-order valence-electron chi connectivity index (χ4n) is 2.65. The summed E-state index contributed by atoms with van der Waals surface area (Å²) in [6, 6.07) is 13.6. The lowest BCUT2D eigenvalue weighted by Gasteiger charge is -2.18. The molecule has 0 unspecified atom stereocenters. The van der Waals surface area contributed by atoms with Gasteiger partial charge < -0.3 is 4.74 Å². The molecule has 0 spiro atoms. The molecule has 0 aliphatic rings. The minimum Gasteiger partial charge on any atom is -0.497 e. The smallest absolute Gasteiger partial charge is 0.256 e. The molecular formula is C21H20N2O4S2. The van der Waals surface area contributed by atoms with E-state index >= 15 is 0 Å². The van der Waals surface area contributed by atoms with E-state index in [-0.39, 0.29) is 16.6 Å². The first-order valence-corrected chi connectivity index (χ1v) is 11.3. The zero-order valence-electron chi connectivity index (χ0n) is 16.0. The van der Waals surface area contributed by atoms with Crippen molar-refractivity contribution in [2.24, 2.45) is 0 Å². The third-order valence-electron chi connectivity index (χ3n) is 4.30. The highest BCUT2D eigenvalue weighted by Crippen LogP contribution is 2.33. The number of hydrogen-bond acceptors (Lipinski definition) is 6. The Morgan fingerprint density at radius 2 is 1.83 bits per heavy atom. The molecule has 150 valence electrons. The Kier molecular flexibility index (Phi) is 6.14. The van der Waals surface area contributed by atoms with Gasteiger partial charge in [0.1, 0.15) is 5.75 Å². The van der Waals surface area contributed by atoms with Crippen LogP contribution in [0.4, 0.5) is 10.8 Å². The van der Waals surface area contributed by atoms with Gasteiger partial charge in [-0.15, -0.1) is 11.3 Å². The highest BCUT2D eigenvalue weighted by molar-refractivity contribution is 7.91. The van der Waals surface area contributed by atoms with Gasteiger partial charge in [0.2, 0.25) is 0 Å². The summed E-state index contributed by atoms with van der Waals surface area (Å²) in [5.74, 6) is 0.404. The maximum absolute atomic E-state index is 12.5. The Hall–Kier alpha value is -2.97. The third-order valence-corrected chi connectivity index (χ3v) is 6.87. The summed E-state index contributed by atoms with van der Waals surface area (Å²) in [4.78, 5) is 18.7. The molecule has 0 N–H and O–H groups in total. The Balaban J connectivity index is 1.97. The molecule has 0 aliphatic heterocycles. The molecule has 2 aromatic carbocycles. The first-order valence-electron chi connectivity index (χ1n) is 8.79. The lowest BCUT2D eigenvalue weighted by atomic mass is 10.2. The number of hydrogen-bond donors (Lipinski definition) is 0. The van der Waals surface area contributed by atoms with E-state index < -0.39 is 9.84 Å². The van der Waals surface area contributed by atoms with Crippen LogP contribution in [0.25, 0.3) is 11.3 Å². The van der Waals surface area contributed by atoms with Crippen molar-refractivity contribution in [1.29, 1.82) is 0 Å². The molecule has 6 nitrogen and oxygen atoms in total. The fraction of sp³-hybridized carbons (Fsp3) is 0.143. The topological polar surface area (TPSA) is 76.6 Å². The number of nitrogens with zero attached hydrogens (tertiary/aromatic N) is 2. The third kappa shape index (κ3) is 4.38. The molecule has 0 saturated heterocycles. The van der Waals surface area contributed by atoms with Crippen molar-refractivity contribution in [2.75, 3.05) is 17.8 Å². The van der Waals surface area contributed by atoms with E-state index in [0.29, 0.717) is 10.8 Å². The fourth-order valence-corrected chi connectivity index (χ4v) is 4.40. The van der Waals surface area contributed by atoms with Crippen LogP contribution in [-0.4, -0.2) is 32.2 Å². The van der Waals surface area contributed by atoms with Gasteiger partial charge in [0.25, 0.3) is 5.91 Å². The molecule has 1 heterocycles. The average Bonchev–Trinajstić information content (AvgIpc) is 3.23. The second kappa shape index (κ2) is 8.59. The molecule has 0 saturated carbocycles. The van der Waals surface area contributed by atoms with Crippen molar-refractivity contribution < 1.29 is 17.9 Å². The normalized spacial score (nSPS) is 11.1. The number of aromatic nitrogens is 1. The van der Waals surface area contributed by atoms with E-state index in [0.717, 1.165) is 17.0 Å². The quantitative estimate of drug-likeness (QED) is 0.519. The van der Waals surface area contributed by atoms with Gasteiger partial charge in [0.05, 0.1) is 29.1 Å². The summed E-state index contributed by atoms with van der Waals surface area (Å²) in [5.41, 5.74) is 2.13. The number of anilines is 2. The van der Waals surface area contributed by atoms with Crippen LogP contribution < -0.4 is 9.64 Å². The summed E-state index contributed by atoms with van der Waals surface area (Å²) >= 11 is 1.31. The summed E-state index contributed by atoms with van der Waals surface area (Å²) in [6.45, 7) is 5.15. The lowest BCUT2D eigenvalue weighted by molar-refractivity contribution is -0.113. The van der Waals surface area contributed by atoms with Crippen LogP contribution in [0, 0.1) is 0 Å². The molecule has 0 atom stereocenters. The first kappa shape index (κ1) is 20.8. The molecule has 1 aromatic heterocycles. The largest absolute Gasteiger partial charge is 0.497 e. The summed E-state index contributed by atoms with van der Waals surface area (Å²) in [6.07, 6.45) is 1.20. The number of amides is 1. The van der Waals surface area contributed by atoms with Crippen LogP contribution in [0.1, 0.15) is 6.92 Å². The molecule has 29 heavy (non-hydrogen) atoms. The Morgan fingerprint density at radius 1 is 1.17 bits per heavy atom. The van der Waals surface area contributed by atoms with Crippen LogP contribution in [0.3, 0.4) is 0 Å². The van der Waals surface area contributed by atoms with Gasteiger partial charge in [0.15, 0.2) is 15.0 Å². The molecule has 0 radical (unpaired) electrons. The van der Waals surface area contributed by atoms with Gasteiger partial charge in [-0.1, -0.05) is 13.5 Å². The van der Waals surface area contributed by atoms with Gasteiger partial charge in [-0.25, -0.2) is 13.4 Å². The number of ether oxygens (including phenoxy) is 1. The Morgan fingerprint density at radius 3 is 2.38 bits per heavy atom. The summed E-state index contributed by atoms with van der Waals surface area (Å²) in [7, 11) is -1.71. The van der Waals surface area contributed by atoms with E-state index in [1.165, 1.54) is 34.4 Å². The molecule has 1 amide bonds. The van der Waals surface area contributed by atoms with Crippen molar-refractivity contribution in [2.45, 2.75) is 11.8 Å². The van der Waals surface area contributed by atoms with E-state index in [4.69, 9.17) is 4.74 Å². The second-order valence-electron chi connectivity index (χ2n) is 6.02. The number of benzene rings is 2. The minimum atomic E-state index is -3.32. The Labute approximate surface area is 174 Å². The SMILES string of the molecule is C=CC(=O)N(c1ccc(S(=O)(=O)CC)cc1)c1nc(-c2ccc(OC)cc2)cs1. The highest BCUT2D eigenvalue weighted by atomic mass is 32.2. The molecule has 0 fully saturated rings. The summed E-state index contributed by atoms with van der Waals surface area (Å²) < 4.78 is 29.2. The molecule has 3 rings (SSSR count). The first-order chi connectivity index (χ1) is 13.9. The number of rotatable bonds is 7. The van der Waals surface area contributed by atoms with E-state index in [1.54, 1.807) is 26.2 Å². The molecule has 8 heteroatoms. The molecule has 0 aliphatic carbocycles. The van der Waals surface area contributed by atoms with E-state index in [2.05, 4.69) is 11.6 Å². The molecule has 0 bridgehead atoms. The monoisotopic (exact) mass is 428 g/mol. The second-order valence-corrected chi connectivity index (χ2v) is 9.13. The zero-order chi connectivity index (χ0) is 21.0. The van der Waals surface area contributed by atoms with Gasteiger partial charge >= 0.3 is 0 Å². The van der Waals surface area contributed by atoms with E-state index in [1.807, 2.05) is 29.6 Å². The maximum Gasteiger partial charge on any atom is 0.256 e. The van der Waals surface area contributed by atoms with Gasteiger partial charge in [-0.3, -0.25) is 9.69 Å². The zero-order valence-corrected chi connectivity index (χ0v) is 17.7. The number of thiazole rings is 1. The number of sulfone groups is 1. The van der Waals surface area contributed by atoms with Crippen molar-refractivity contribution in [1.82, 2.24) is 4.98 Å². The van der Waals surface area contributed by atoms with Crippen LogP contribution >= 0.6 is 11.3 Å². The highest BCUT2D eigenvalue weighted by Gasteiger charge is 2.20. The lowest BCUT2D eigenvalue weighted by Crippen LogP contribution is -2.23. The number of methoxy groups -OCH3 is 1. The summed E-state index contributed by atoms with van der Waals surface area (Å²) in [5, 5.41) is 2.32. The van der Waals surface area contributed by atoms with Gasteiger partial charge in [0, 0.05) is 10.9 Å². The molecular weight excluding hydrogens is 408 g/mol. The van der Waals surface area contributed by atoms with Crippen molar-refractivity contribution in [3.8, 4) is 17.0 Å². The van der Waals surface area contributed by atoms with E-state index in [9.17, 15) is 13.2 Å². The van der Waals surface area contributed by atoms with Gasteiger partial charge in [-0.05, 0) is 54.6 Å².